The second-order valence-corrected chi connectivity index (χ2v) is 4.45. The maximum atomic E-state index is 13.1. The normalized spacial score (nSPS) is 10.7. The van der Waals surface area contributed by atoms with Gasteiger partial charge in [-0.05, 0) is 36.9 Å². The van der Waals surface area contributed by atoms with Crippen molar-refractivity contribution >= 4 is 17.4 Å². The first-order valence-corrected chi connectivity index (χ1v) is 5.48. The Balaban J connectivity index is 2.30. The zero-order chi connectivity index (χ0) is 11.7. The van der Waals surface area contributed by atoms with Crippen LogP contribution in [0.4, 0.5) is 10.1 Å². The predicted octanol–water partition coefficient (Wildman–Crippen LogP) is 2.00. The minimum absolute atomic E-state index is 0.346. The summed E-state index contributed by atoms with van der Waals surface area (Å²) in [6.07, 6.45) is 0. The van der Waals surface area contributed by atoms with Crippen molar-refractivity contribution in [3.63, 3.8) is 0 Å². The van der Waals surface area contributed by atoms with Gasteiger partial charge in [-0.2, -0.15) is 0 Å². The predicted molar refractivity (Wildman–Crippen MR) is 60.7 cm³/mol. The molecule has 2 rings (SSSR count). The van der Waals surface area contributed by atoms with Crippen molar-refractivity contribution in [2.75, 3.05) is 5.73 Å². The van der Waals surface area contributed by atoms with Gasteiger partial charge in [0.2, 0.25) is 0 Å². The zero-order valence-corrected chi connectivity index (χ0v) is 9.75. The number of hydrogen-bond acceptors (Lipinski definition) is 4. The van der Waals surface area contributed by atoms with E-state index in [0.29, 0.717) is 15.7 Å². The van der Waals surface area contributed by atoms with Crippen molar-refractivity contribution < 1.29 is 4.39 Å². The van der Waals surface area contributed by atoms with Crippen molar-refractivity contribution in [1.29, 1.82) is 0 Å². The molecule has 84 valence electrons. The molecule has 1 aromatic heterocycles. The Morgan fingerprint density at radius 3 is 2.62 bits per heavy atom. The number of anilines is 1. The molecule has 0 radical (unpaired) electrons. The first kappa shape index (κ1) is 10.9. The smallest absolute Gasteiger partial charge is 0.195 e. The number of rotatable bonds is 2. The second-order valence-electron chi connectivity index (χ2n) is 3.41. The van der Waals surface area contributed by atoms with Crippen LogP contribution in [0.3, 0.4) is 0 Å². The molecular weight excluding hydrogens is 227 g/mol. The van der Waals surface area contributed by atoms with Crippen molar-refractivity contribution in [2.45, 2.75) is 17.0 Å². The van der Waals surface area contributed by atoms with Gasteiger partial charge in [0.1, 0.15) is 11.6 Å². The lowest BCUT2D eigenvalue weighted by Crippen LogP contribution is -1.93. The highest BCUT2D eigenvalue weighted by Gasteiger charge is 2.08. The average Bonchev–Trinajstić information content (AvgIpc) is 2.48. The lowest BCUT2D eigenvalue weighted by Gasteiger charge is -2.03. The monoisotopic (exact) mass is 238 g/mol. The third kappa shape index (κ3) is 2.16. The summed E-state index contributed by atoms with van der Waals surface area (Å²) >= 11 is 1.33. The van der Waals surface area contributed by atoms with Gasteiger partial charge in [0, 0.05) is 17.6 Å². The van der Waals surface area contributed by atoms with Crippen LogP contribution in [0.1, 0.15) is 5.82 Å². The number of benzene rings is 1. The van der Waals surface area contributed by atoms with Crippen LogP contribution in [0.2, 0.25) is 0 Å². The molecule has 0 aliphatic carbocycles. The Morgan fingerprint density at radius 1 is 1.31 bits per heavy atom. The van der Waals surface area contributed by atoms with E-state index in [1.807, 2.05) is 18.5 Å². The number of halogens is 1. The first-order chi connectivity index (χ1) is 7.56. The van der Waals surface area contributed by atoms with Crippen LogP contribution >= 0.6 is 11.8 Å². The molecule has 0 fully saturated rings. The van der Waals surface area contributed by atoms with Gasteiger partial charge in [0.05, 0.1) is 0 Å². The second kappa shape index (κ2) is 4.13. The van der Waals surface area contributed by atoms with Gasteiger partial charge in [0.25, 0.3) is 0 Å². The molecule has 0 atom stereocenters. The number of nitrogens with zero attached hydrogens (tertiary/aromatic N) is 3. The summed E-state index contributed by atoms with van der Waals surface area (Å²) in [4.78, 5) is 0.716. The summed E-state index contributed by atoms with van der Waals surface area (Å²) in [7, 11) is 1.86. The summed E-state index contributed by atoms with van der Waals surface area (Å²) in [6, 6.07) is 4.41. The molecule has 16 heavy (non-hydrogen) atoms. The first-order valence-electron chi connectivity index (χ1n) is 4.66. The van der Waals surface area contributed by atoms with Crippen LogP contribution in [0, 0.1) is 12.7 Å². The van der Waals surface area contributed by atoms with E-state index in [1.165, 1.54) is 23.9 Å². The molecule has 2 N–H and O–H groups in total. The SMILES string of the molecule is Cc1nnc(Sc2cc(N)cc(F)c2)n1C. The molecule has 6 heteroatoms. The Hall–Kier alpha value is -1.56. The van der Waals surface area contributed by atoms with E-state index in [2.05, 4.69) is 10.2 Å². The summed E-state index contributed by atoms with van der Waals surface area (Å²) in [5.41, 5.74) is 5.96. The number of hydrogen-bond donors (Lipinski definition) is 1. The lowest BCUT2D eigenvalue weighted by atomic mass is 10.3. The van der Waals surface area contributed by atoms with Crippen molar-refractivity contribution in [2.24, 2.45) is 7.05 Å². The number of nitrogen functional groups attached to an aromatic ring is 1. The topological polar surface area (TPSA) is 56.7 Å². The standard InChI is InChI=1S/C10H11FN4S/c1-6-13-14-10(15(6)2)16-9-4-7(11)3-8(12)5-9/h3-5H,12H2,1-2H3. The van der Waals surface area contributed by atoms with Crippen molar-refractivity contribution in [3.05, 3.63) is 29.8 Å². The molecule has 1 heterocycles. The average molecular weight is 238 g/mol. The molecule has 0 aliphatic heterocycles. The number of nitrogens with two attached hydrogens (primary N) is 1. The van der Waals surface area contributed by atoms with Crippen LogP contribution in [0.15, 0.2) is 28.3 Å². The maximum absolute atomic E-state index is 13.1. The van der Waals surface area contributed by atoms with Crippen molar-refractivity contribution in [1.82, 2.24) is 14.8 Å². The van der Waals surface area contributed by atoms with E-state index in [1.54, 1.807) is 6.07 Å². The van der Waals surface area contributed by atoms with E-state index < -0.39 is 0 Å². The van der Waals surface area contributed by atoms with Crippen molar-refractivity contribution in [3.8, 4) is 0 Å². The lowest BCUT2D eigenvalue weighted by molar-refractivity contribution is 0.625. The van der Waals surface area contributed by atoms with E-state index in [9.17, 15) is 4.39 Å². The summed E-state index contributed by atoms with van der Waals surface area (Å²) in [5.74, 6) is 0.466. The Bertz CT molecular complexity index is 503. The van der Waals surface area contributed by atoms with Gasteiger partial charge in [0.15, 0.2) is 5.16 Å². The molecule has 4 nitrogen and oxygen atoms in total. The molecule has 2 aromatic rings. The highest BCUT2D eigenvalue weighted by molar-refractivity contribution is 7.99. The molecule has 0 saturated heterocycles. The van der Waals surface area contributed by atoms with Crippen LogP contribution in [0.5, 0.6) is 0 Å². The highest BCUT2D eigenvalue weighted by atomic mass is 32.2. The Labute approximate surface area is 96.7 Å². The van der Waals surface area contributed by atoms with Gasteiger partial charge >= 0.3 is 0 Å². The van der Waals surface area contributed by atoms with Gasteiger partial charge < -0.3 is 10.3 Å². The van der Waals surface area contributed by atoms with Crippen LogP contribution in [-0.2, 0) is 7.05 Å². The number of aromatic nitrogens is 3. The third-order valence-electron chi connectivity index (χ3n) is 2.16. The molecule has 0 spiro atoms. The van der Waals surface area contributed by atoms with E-state index in [0.717, 1.165) is 5.82 Å². The molecule has 0 saturated carbocycles. The minimum Gasteiger partial charge on any atom is -0.399 e. The molecule has 1 aromatic carbocycles. The van der Waals surface area contributed by atoms with Gasteiger partial charge in [-0.25, -0.2) is 4.39 Å². The Morgan fingerprint density at radius 2 is 2.06 bits per heavy atom. The van der Waals surface area contributed by atoms with Crippen LogP contribution < -0.4 is 5.73 Å². The zero-order valence-electron chi connectivity index (χ0n) is 8.94. The largest absolute Gasteiger partial charge is 0.399 e. The fraction of sp³-hybridized carbons (Fsp3) is 0.200. The molecule has 0 unspecified atom stereocenters. The van der Waals surface area contributed by atoms with Gasteiger partial charge in [-0.3, -0.25) is 0 Å². The summed E-state index contributed by atoms with van der Waals surface area (Å²) < 4.78 is 14.9. The Kier molecular flexibility index (Phi) is 2.82. The quantitative estimate of drug-likeness (QED) is 0.813. The van der Waals surface area contributed by atoms with E-state index in [4.69, 9.17) is 5.73 Å². The van der Waals surface area contributed by atoms with Crippen LogP contribution in [0.25, 0.3) is 0 Å². The minimum atomic E-state index is -0.346. The van der Waals surface area contributed by atoms with E-state index in [-0.39, 0.29) is 5.82 Å². The maximum Gasteiger partial charge on any atom is 0.195 e. The molecule has 0 aliphatic rings. The molecular formula is C10H11FN4S. The fourth-order valence-electron chi connectivity index (χ4n) is 1.23. The van der Waals surface area contributed by atoms with E-state index >= 15 is 0 Å². The highest BCUT2D eigenvalue weighted by Crippen LogP contribution is 2.28. The third-order valence-corrected chi connectivity index (χ3v) is 3.16. The van der Waals surface area contributed by atoms with Gasteiger partial charge in [-0.1, -0.05) is 0 Å². The van der Waals surface area contributed by atoms with Gasteiger partial charge in [-0.15, -0.1) is 10.2 Å². The number of aryl methyl sites for hydroxylation is 1. The molecule has 0 bridgehead atoms. The molecule has 0 amide bonds. The van der Waals surface area contributed by atoms with Crippen LogP contribution in [-0.4, -0.2) is 14.8 Å². The summed E-state index contributed by atoms with van der Waals surface area (Å²) in [6.45, 7) is 1.86. The summed E-state index contributed by atoms with van der Waals surface area (Å²) in [5, 5.41) is 8.62. The fourth-order valence-corrected chi connectivity index (χ4v) is 2.15.